The quantitative estimate of drug-likeness (QED) is 0.924. The minimum absolute atomic E-state index is 0.184. The first-order valence-corrected chi connectivity index (χ1v) is 8.82. The molecule has 0 atom stereocenters. The summed E-state index contributed by atoms with van der Waals surface area (Å²) in [4.78, 5) is 21.0. The monoisotopic (exact) mass is 308 g/mol. The van der Waals surface area contributed by atoms with Crippen LogP contribution in [0.25, 0.3) is 0 Å². The van der Waals surface area contributed by atoms with E-state index in [0.717, 1.165) is 37.9 Å². The summed E-state index contributed by atoms with van der Waals surface area (Å²) in [5.74, 6) is 0.184. The highest BCUT2D eigenvalue weighted by Crippen LogP contribution is 2.23. The molecule has 0 radical (unpaired) electrons. The third-order valence-electron chi connectivity index (χ3n) is 4.66. The predicted octanol–water partition coefficient (Wildman–Crippen LogP) is 1.74. The standard InChI is InChI=1S/C15H24N4OS/c16-15-17-12(11-21-15)10-14(20)19-8-6-18(7-9-19)13-4-2-1-3-5-13/h11,13H,1-10H2,(H2,16,17). The van der Waals surface area contributed by atoms with Gasteiger partial charge in [-0.05, 0) is 12.8 Å². The molecule has 2 fully saturated rings. The van der Waals surface area contributed by atoms with Crippen LogP contribution in [-0.4, -0.2) is 52.9 Å². The molecule has 6 heteroatoms. The largest absolute Gasteiger partial charge is 0.375 e. The van der Waals surface area contributed by atoms with Crippen LogP contribution in [0.5, 0.6) is 0 Å². The fraction of sp³-hybridized carbons (Fsp3) is 0.733. The van der Waals surface area contributed by atoms with Crippen molar-refractivity contribution in [3.63, 3.8) is 0 Å². The van der Waals surface area contributed by atoms with Gasteiger partial charge in [-0.1, -0.05) is 19.3 Å². The number of nitrogen functional groups attached to an aromatic ring is 1. The summed E-state index contributed by atoms with van der Waals surface area (Å²) in [7, 11) is 0. The normalized spacial score (nSPS) is 21.6. The number of carbonyl (C=O) groups excluding carboxylic acids is 1. The number of hydrogen-bond donors (Lipinski definition) is 1. The maximum atomic E-state index is 12.3. The van der Waals surface area contributed by atoms with Crippen molar-refractivity contribution in [1.29, 1.82) is 0 Å². The van der Waals surface area contributed by atoms with Crippen LogP contribution in [0.2, 0.25) is 0 Å². The van der Waals surface area contributed by atoms with Gasteiger partial charge in [-0.3, -0.25) is 9.69 Å². The smallest absolute Gasteiger partial charge is 0.228 e. The number of nitrogens with zero attached hydrogens (tertiary/aromatic N) is 3. The topological polar surface area (TPSA) is 62.5 Å². The van der Waals surface area contributed by atoms with Gasteiger partial charge in [0.15, 0.2) is 5.13 Å². The Morgan fingerprint density at radius 2 is 1.95 bits per heavy atom. The molecule has 21 heavy (non-hydrogen) atoms. The third-order valence-corrected chi connectivity index (χ3v) is 5.38. The molecule has 2 aliphatic rings. The summed E-state index contributed by atoms with van der Waals surface area (Å²) in [6.07, 6.45) is 7.20. The van der Waals surface area contributed by atoms with E-state index in [0.29, 0.717) is 11.6 Å². The van der Waals surface area contributed by atoms with Crippen molar-refractivity contribution in [2.75, 3.05) is 31.9 Å². The number of nitrogens with two attached hydrogens (primary N) is 1. The van der Waals surface area contributed by atoms with E-state index in [4.69, 9.17) is 5.73 Å². The van der Waals surface area contributed by atoms with Crippen LogP contribution in [0.15, 0.2) is 5.38 Å². The molecular weight excluding hydrogens is 284 g/mol. The van der Waals surface area contributed by atoms with Crippen LogP contribution in [0.3, 0.4) is 0 Å². The number of rotatable bonds is 3. The zero-order chi connectivity index (χ0) is 14.7. The molecule has 1 saturated heterocycles. The van der Waals surface area contributed by atoms with Gasteiger partial charge < -0.3 is 10.6 Å². The molecule has 0 aromatic carbocycles. The molecule has 3 rings (SSSR count). The SMILES string of the molecule is Nc1nc(CC(=O)N2CCN(C3CCCCC3)CC2)cs1. The minimum atomic E-state index is 0.184. The molecule has 0 bridgehead atoms. The molecule has 1 aromatic heterocycles. The number of hydrogen-bond acceptors (Lipinski definition) is 5. The van der Waals surface area contributed by atoms with Crippen LogP contribution in [-0.2, 0) is 11.2 Å². The molecule has 0 unspecified atom stereocenters. The Labute approximate surface area is 130 Å². The van der Waals surface area contributed by atoms with Gasteiger partial charge in [-0.15, -0.1) is 11.3 Å². The van der Waals surface area contributed by atoms with E-state index in [9.17, 15) is 4.79 Å². The highest BCUT2D eigenvalue weighted by molar-refractivity contribution is 7.13. The van der Waals surface area contributed by atoms with Crippen molar-refractivity contribution in [3.05, 3.63) is 11.1 Å². The number of amides is 1. The molecule has 1 aromatic rings. The fourth-order valence-corrected chi connectivity index (χ4v) is 4.02. The van der Waals surface area contributed by atoms with E-state index in [2.05, 4.69) is 9.88 Å². The highest BCUT2D eigenvalue weighted by atomic mass is 32.1. The fourth-order valence-electron chi connectivity index (χ4n) is 3.45. The van der Waals surface area contributed by atoms with E-state index >= 15 is 0 Å². The Bertz CT molecular complexity index is 476. The van der Waals surface area contributed by atoms with Crippen molar-refractivity contribution in [2.24, 2.45) is 0 Å². The van der Waals surface area contributed by atoms with Crippen molar-refractivity contribution in [3.8, 4) is 0 Å². The lowest BCUT2D eigenvalue weighted by Gasteiger charge is -2.40. The Morgan fingerprint density at radius 1 is 1.24 bits per heavy atom. The molecule has 1 amide bonds. The van der Waals surface area contributed by atoms with Crippen LogP contribution >= 0.6 is 11.3 Å². The molecule has 1 aliphatic carbocycles. The van der Waals surface area contributed by atoms with E-state index in [1.165, 1.54) is 43.4 Å². The van der Waals surface area contributed by atoms with E-state index in [-0.39, 0.29) is 5.91 Å². The molecule has 2 heterocycles. The zero-order valence-electron chi connectivity index (χ0n) is 12.5. The van der Waals surface area contributed by atoms with Crippen LogP contribution < -0.4 is 5.73 Å². The van der Waals surface area contributed by atoms with Gasteiger partial charge in [-0.25, -0.2) is 4.98 Å². The summed E-state index contributed by atoms with van der Waals surface area (Å²) in [6, 6.07) is 0.759. The third kappa shape index (κ3) is 3.74. The van der Waals surface area contributed by atoms with Gasteiger partial charge in [0, 0.05) is 37.6 Å². The van der Waals surface area contributed by atoms with Crippen molar-refractivity contribution < 1.29 is 4.79 Å². The lowest BCUT2D eigenvalue weighted by molar-refractivity contribution is -0.132. The summed E-state index contributed by atoms with van der Waals surface area (Å²) in [5.41, 5.74) is 6.41. The van der Waals surface area contributed by atoms with Gasteiger partial charge >= 0.3 is 0 Å². The van der Waals surface area contributed by atoms with Crippen molar-refractivity contribution in [1.82, 2.24) is 14.8 Å². The number of piperazine rings is 1. The van der Waals surface area contributed by atoms with Crippen LogP contribution in [0.1, 0.15) is 37.8 Å². The lowest BCUT2D eigenvalue weighted by atomic mass is 9.94. The van der Waals surface area contributed by atoms with Gasteiger partial charge in [-0.2, -0.15) is 0 Å². The Kier molecular flexibility index (Phi) is 4.75. The summed E-state index contributed by atoms with van der Waals surface area (Å²) in [5, 5.41) is 2.42. The molecule has 5 nitrogen and oxygen atoms in total. The highest BCUT2D eigenvalue weighted by Gasteiger charge is 2.27. The second-order valence-corrected chi connectivity index (χ2v) is 6.95. The Morgan fingerprint density at radius 3 is 2.57 bits per heavy atom. The van der Waals surface area contributed by atoms with Gasteiger partial charge in [0.25, 0.3) is 0 Å². The van der Waals surface area contributed by atoms with Crippen LogP contribution in [0, 0.1) is 0 Å². The second kappa shape index (κ2) is 6.75. The minimum Gasteiger partial charge on any atom is -0.375 e. The molecule has 2 N–H and O–H groups in total. The maximum Gasteiger partial charge on any atom is 0.228 e. The number of thiazole rings is 1. The summed E-state index contributed by atoms with van der Waals surface area (Å²) in [6.45, 7) is 3.76. The van der Waals surface area contributed by atoms with E-state index in [1.807, 2.05) is 10.3 Å². The molecule has 1 saturated carbocycles. The Hall–Kier alpha value is -1.14. The Balaban J connectivity index is 1.47. The first kappa shape index (κ1) is 14.8. The number of anilines is 1. The van der Waals surface area contributed by atoms with Crippen molar-refractivity contribution >= 4 is 22.4 Å². The molecule has 116 valence electrons. The van der Waals surface area contributed by atoms with Gasteiger partial charge in [0.2, 0.25) is 5.91 Å². The predicted molar refractivity (Wildman–Crippen MR) is 85.3 cm³/mol. The van der Waals surface area contributed by atoms with Gasteiger partial charge in [0.05, 0.1) is 12.1 Å². The van der Waals surface area contributed by atoms with E-state index < -0.39 is 0 Å². The molecule has 0 spiro atoms. The number of carbonyl (C=O) groups is 1. The zero-order valence-corrected chi connectivity index (χ0v) is 13.3. The molecular formula is C15H24N4OS. The van der Waals surface area contributed by atoms with Gasteiger partial charge in [0.1, 0.15) is 0 Å². The van der Waals surface area contributed by atoms with Crippen molar-refractivity contribution in [2.45, 2.75) is 44.6 Å². The number of aromatic nitrogens is 1. The average molecular weight is 308 g/mol. The average Bonchev–Trinajstić information content (AvgIpc) is 2.93. The first-order chi connectivity index (χ1) is 10.2. The lowest BCUT2D eigenvalue weighted by Crippen LogP contribution is -2.52. The summed E-state index contributed by atoms with van der Waals surface area (Å²) < 4.78 is 0. The van der Waals surface area contributed by atoms with E-state index in [1.54, 1.807) is 0 Å². The maximum absolute atomic E-state index is 12.3. The second-order valence-electron chi connectivity index (χ2n) is 6.06. The summed E-state index contributed by atoms with van der Waals surface area (Å²) >= 11 is 1.40. The van der Waals surface area contributed by atoms with Crippen LogP contribution in [0.4, 0.5) is 5.13 Å². The first-order valence-electron chi connectivity index (χ1n) is 7.94. The molecule has 1 aliphatic heterocycles.